The lowest BCUT2D eigenvalue weighted by Crippen LogP contribution is -2.61. The van der Waals surface area contributed by atoms with Crippen molar-refractivity contribution in [1.82, 2.24) is 4.90 Å². The van der Waals surface area contributed by atoms with E-state index in [9.17, 15) is 9.90 Å². The molecule has 0 aromatic carbocycles. The molecule has 1 N–H and O–H groups in total. The number of hydrogen-bond donors (Lipinski definition) is 1. The van der Waals surface area contributed by atoms with Gasteiger partial charge in [0.2, 0.25) is 0 Å². The van der Waals surface area contributed by atoms with Crippen LogP contribution in [0.1, 0.15) is 38.5 Å². The summed E-state index contributed by atoms with van der Waals surface area (Å²) >= 11 is 0. The van der Waals surface area contributed by atoms with E-state index < -0.39 is 5.97 Å². The molecule has 4 heteroatoms. The third kappa shape index (κ3) is 1.97. The van der Waals surface area contributed by atoms with Gasteiger partial charge in [-0.15, -0.1) is 0 Å². The van der Waals surface area contributed by atoms with Crippen LogP contribution in [0.3, 0.4) is 0 Å². The molecule has 0 amide bonds. The molecule has 1 saturated heterocycles. The number of hydrogen-bond acceptors (Lipinski definition) is 3. The average Bonchev–Trinajstić information content (AvgIpc) is 2.27. The summed E-state index contributed by atoms with van der Waals surface area (Å²) in [4.78, 5) is 13.6. The SMILES string of the molecule is O=C(O)C1CCC1N1CCOC2CCCCC21. The van der Waals surface area contributed by atoms with E-state index in [1.165, 1.54) is 19.3 Å². The van der Waals surface area contributed by atoms with Gasteiger partial charge in [-0.3, -0.25) is 9.69 Å². The lowest BCUT2D eigenvalue weighted by atomic mass is 9.76. The molecule has 17 heavy (non-hydrogen) atoms. The van der Waals surface area contributed by atoms with E-state index in [0.29, 0.717) is 12.1 Å². The first-order valence-corrected chi connectivity index (χ1v) is 6.87. The molecular weight excluding hydrogens is 218 g/mol. The zero-order valence-corrected chi connectivity index (χ0v) is 10.2. The fourth-order valence-corrected chi connectivity index (χ4v) is 3.71. The van der Waals surface area contributed by atoms with Crippen molar-refractivity contribution < 1.29 is 14.6 Å². The van der Waals surface area contributed by atoms with Crippen LogP contribution in [-0.4, -0.2) is 47.3 Å². The van der Waals surface area contributed by atoms with Gasteiger partial charge in [-0.05, 0) is 25.7 Å². The van der Waals surface area contributed by atoms with Gasteiger partial charge in [0.05, 0.1) is 18.6 Å². The van der Waals surface area contributed by atoms with E-state index in [1.54, 1.807) is 0 Å². The summed E-state index contributed by atoms with van der Waals surface area (Å²) in [6, 6.07) is 0.770. The van der Waals surface area contributed by atoms with Gasteiger partial charge in [0, 0.05) is 18.6 Å². The van der Waals surface area contributed by atoms with E-state index in [4.69, 9.17) is 4.74 Å². The summed E-state index contributed by atoms with van der Waals surface area (Å²) in [6.45, 7) is 1.71. The van der Waals surface area contributed by atoms with Crippen LogP contribution in [0.15, 0.2) is 0 Å². The first-order chi connectivity index (χ1) is 8.27. The van der Waals surface area contributed by atoms with Crippen LogP contribution in [0.2, 0.25) is 0 Å². The molecule has 0 aromatic heterocycles. The maximum absolute atomic E-state index is 11.1. The van der Waals surface area contributed by atoms with E-state index >= 15 is 0 Å². The van der Waals surface area contributed by atoms with Crippen molar-refractivity contribution >= 4 is 5.97 Å². The van der Waals surface area contributed by atoms with Crippen LogP contribution in [0.5, 0.6) is 0 Å². The van der Waals surface area contributed by atoms with E-state index in [-0.39, 0.29) is 12.0 Å². The van der Waals surface area contributed by atoms with Crippen molar-refractivity contribution in [2.75, 3.05) is 13.2 Å². The third-order valence-corrected chi connectivity index (χ3v) is 4.76. The molecular formula is C13H21NO3. The molecule has 2 saturated carbocycles. The van der Waals surface area contributed by atoms with Crippen LogP contribution < -0.4 is 0 Å². The fourth-order valence-electron chi connectivity index (χ4n) is 3.71. The largest absolute Gasteiger partial charge is 0.481 e. The zero-order chi connectivity index (χ0) is 11.8. The number of carboxylic acids is 1. The monoisotopic (exact) mass is 239 g/mol. The molecule has 4 nitrogen and oxygen atoms in total. The highest BCUT2D eigenvalue weighted by molar-refractivity contribution is 5.72. The molecule has 1 heterocycles. The van der Waals surface area contributed by atoms with Gasteiger partial charge in [0.1, 0.15) is 0 Å². The van der Waals surface area contributed by atoms with E-state index in [0.717, 1.165) is 32.4 Å². The van der Waals surface area contributed by atoms with Crippen LogP contribution >= 0.6 is 0 Å². The number of ether oxygens (including phenoxy) is 1. The number of carboxylic acid groups (broad SMARTS) is 1. The Labute approximate surface area is 102 Å². The molecule has 4 unspecified atom stereocenters. The fraction of sp³-hybridized carbons (Fsp3) is 0.923. The van der Waals surface area contributed by atoms with Crippen LogP contribution in [0.4, 0.5) is 0 Å². The summed E-state index contributed by atoms with van der Waals surface area (Å²) in [7, 11) is 0. The Morgan fingerprint density at radius 2 is 1.94 bits per heavy atom. The summed E-state index contributed by atoms with van der Waals surface area (Å²) in [5, 5.41) is 9.17. The first kappa shape index (κ1) is 11.5. The molecule has 0 aromatic rings. The molecule has 3 rings (SSSR count). The summed E-state index contributed by atoms with van der Waals surface area (Å²) in [5.74, 6) is -0.740. The molecule has 0 bridgehead atoms. The first-order valence-electron chi connectivity index (χ1n) is 6.87. The van der Waals surface area contributed by atoms with Gasteiger partial charge in [-0.2, -0.15) is 0 Å². The van der Waals surface area contributed by atoms with Crippen molar-refractivity contribution in [2.45, 2.75) is 56.7 Å². The molecule has 0 radical (unpaired) electrons. The number of nitrogens with zero attached hydrogens (tertiary/aromatic N) is 1. The maximum Gasteiger partial charge on any atom is 0.308 e. The standard InChI is InChI=1S/C13H21NO3/c15-13(16)9-5-6-10(9)14-7-8-17-12-4-2-1-3-11(12)14/h9-12H,1-8H2,(H,15,16). The Bertz CT molecular complexity index is 305. The number of morpholine rings is 1. The van der Waals surface area contributed by atoms with Gasteiger partial charge in [0.25, 0.3) is 0 Å². The van der Waals surface area contributed by atoms with Crippen LogP contribution in [0.25, 0.3) is 0 Å². The number of rotatable bonds is 2. The number of aliphatic carboxylic acids is 1. The highest BCUT2D eigenvalue weighted by Gasteiger charge is 2.46. The number of fused-ring (bicyclic) bond motifs is 1. The highest BCUT2D eigenvalue weighted by Crippen LogP contribution is 2.38. The Morgan fingerprint density at radius 1 is 1.12 bits per heavy atom. The second-order valence-corrected chi connectivity index (χ2v) is 5.59. The minimum atomic E-state index is -0.611. The van der Waals surface area contributed by atoms with E-state index in [1.807, 2.05) is 0 Å². The quantitative estimate of drug-likeness (QED) is 0.793. The van der Waals surface area contributed by atoms with Crippen molar-refractivity contribution in [1.29, 1.82) is 0 Å². The maximum atomic E-state index is 11.1. The molecule has 4 atom stereocenters. The topological polar surface area (TPSA) is 49.8 Å². The summed E-state index contributed by atoms with van der Waals surface area (Å²) in [6.07, 6.45) is 7.16. The van der Waals surface area contributed by atoms with Crippen molar-refractivity contribution in [2.24, 2.45) is 5.92 Å². The van der Waals surface area contributed by atoms with Gasteiger partial charge < -0.3 is 9.84 Å². The van der Waals surface area contributed by atoms with Crippen molar-refractivity contribution in [3.05, 3.63) is 0 Å². The second kappa shape index (κ2) is 4.58. The lowest BCUT2D eigenvalue weighted by Gasteiger charge is -2.51. The Balaban J connectivity index is 1.71. The van der Waals surface area contributed by atoms with Gasteiger partial charge >= 0.3 is 5.97 Å². The van der Waals surface area contributed by atoms with Crippen molar-refractivity contribution in [3.8, 4) is 0 Å². The minimum Gasteiger partial charge on any atom is -0.481 e. The lowest BCUT2D eigenvalue weighted by molar-refractivity contribution is -0.159. The zero-order valence-electron chi connectivity index (χ0n) is 10.2. The predicted octanol–water partition coefficient (Wildman–Crippen LogP) is 1.49. The molecule has 0 spiro atoms. The number of carbonyl (C=O) groups is 1. The van der Waals surface area contributed by atoms with Gasteiger partial charge in [-0.1, -0.05) is 12.8 Å². The van der Waals surface area contributed by atoms with Gasteiger partial charge in [-0.25, -0.2) is 0 Å². The normalized spacial score (nSPS) is 42.6. The van der Waals surface area contributed by atoms with E-state index in [2.05, 4.69) is 4.90 Å². The predicted molar refractivity (Wildman–Crippen MR) is 62.8 cm³/mol. The smallest absolute Gasteiger partial charge is 0.308 e. The molecule has 1 aliphatic heterocycles. The Hall–Kier alpha value is -0.610. The van der Waals surface area contributed by atoms with Crippen LogP contribution in [0, 0.1) is 5.92 Å². The summed E-state index contributed by atoms with van der Waals surface area (Å²) < 4.78 is 5.84. The Kier molecular flexibility index (Phi) is 3.09. The average molecular weight is 239 g/mol. The second-order valence-electron chi connectivity index (χ2n) is 5.59. The molecule has 96 valence electrons. The third-order valence-electron chi connectivity index (χ3n) is 4.76. The van der Waals surface area contributed by atoms with Crippen molar-refractivity contribution in [3.63, 3.8) is 0 Å². The minimum absolute atomic E-state index is 0.129. The van der Waals surface area contributed by atoms with Gasteiger partial charge in [0.15, 0.2) is 0 Å². The summed E-state index contributed by atoms with van der Waals surface area (Å²) in [5.41, 5.74) is 0. The Morgan fingerprint density at radius 3 is 2.65 bits per heavy atom. The van der Waals surface area contributed by atoms with Crippen LogP contribution in [-0.2, 0) is 9.53 Å². The molecule has 2 aliphatic carbocycles. The molecule has 3 aliphatic rings. The molecule has 3 fully saturated rings. The highest BCUT2D eigenvalue weighted by atomic mass is 16.5.